The summed E-state index contributed by atoms with van der Waals surface area (Å²) in [6, 6.07) is 11.7. The van der Waals surface area contributed by atoms with Gasteiger partial charge in [-0.3, -0.25) is 4.79 Å². The Morgan fingerprint density at radius 2 is 1.84 bits per heavy atom. The zero-order chi connectivity index (χ0) is 13.8. The summed E-state index contributed by atoms with van der Waals surface area (Å²) in [5, 5.41) is 2.68. The second-order valence-electron chi connectivity index (χ2n) is 4.58. The highest BCUT2D eigenvalue weighted by atomic mass is 19.1. The van der Waals surface area contributed by atoms with Crippen LogP contribution in [0.2, 0.25) is 0 Å². The van der Waals surface area contributed by atoms with Gasteiger partial charge in [0, 0.05) is 5.69 Å². The van der Waals surface area contributed by atoms with Crippen LogP contribution in [0.1, 0.15) is 35.8 Å². The molecule has 0 atom stereocenters. The number of hydrogen-bond donors (Lipinski definition) is 1. The number of nitrogens with one attached hydrogen (secondary N) is 1. The van der Waals surface area contributed by atoms with Gasteiger partial charge in [0.05, 0.1) is 0 Å². The van der Waals surface area contributed by atoms with Gasteiger partial charge in [-0.15, -0.1) is 0 Å². The van der Waals surface area contributed by atoms with Crippen molar-refractivity contribution in [3.05, 3.63) is 59.7 Å². The number of pyridine rings is 1. The maximum Gasteiger partial charge on any atom is 0.274 e. The quantitative estimate of drug-likeness (QED) is 0.855. The average Bonchev–Trinajstić information content (AvgIpc) is 2.39. The molecule has 4 heteroatoms. The van der Waals surface area contributed by atoms with Gasteiger partial charge in [-0.05, 0) is 35.7 Å². The first-order chi connectivity index (χ1) is 9.06. The molecule has 0 saturated carbocycles. The molecule has 98 valence electrons. The topological polar surface area (TPSA) is 42.0 Å². The van der Waals surface area contributed by atoms with Crippen LogP contribution in [0, 0.1) is 5.95 Å². The van der Waals surface area contributed by atoms with E-state index in [9.17, 15) is 9.18 Å². The Hall–Kier alpha value is -2.23. The lowest BCUT2D eigenvalue weighted by Crippen LogP contribution is -2.14. The van der Waals surface area contributed by atoms with E-state index in [1.807, 2.05) is 24.3 Å². The molecule has 1 heterocycles. The van der Waals surface area contributed by atoms with Gasteiger partial charge in [0.1, 0.15) is 5.69 Å². The highest BCUT2D eigenvalue weighted by Crippen LogP contribution is 2.17. The fourth-order valence-corrected chi connectivity index (χ4v) is 1.68. The Kier molecular flexibility index (Phi) is 3.90. The van der Waals surface area contributed by atoms with E-state index < -0.39 is 11.9 Å². The first-order valence-corrected chi connectivity index (χ1v) is 6.10. The molecule has 0 spiro atoms. The first kappa shape index (κ1) is 13.2. The maximum atomic E-state index is 12.9. The molecule has 0 aliphatic carbocycles. The Bertz CT molecular complexity index is 579. The number of rotatable bonds is 3. The summed E-state index contributed by atoms with van der Waals surface area (Å²) in [5.74, 6) is -0.644. The number of aromatic nitrogens is 1. The second kappa shape index (κ2) is 5.61. The van der Waals surface area contributed by atoms with Crippen molar-refractivity contribution in [1.29, 1.82) is 0 Å². The summed E-state index contributed by atoms with van der Waals surface area (Å²) < 4.78 is 12.9. The minimum absolute atomic E-state index is 0.0629. The molecule has 0 bridgehead atoms. The van der Waals surface area contributed by atoms with Gasteiger partial charge in [-0.1, -0.05) is 32.0 Å². The van der Waals surface area contributed by atoms with Crippen molar-refractivity contribution in [1.82, 2.24) is 4.98 Å². The Labute approximate surface area is 111 Å². The normalized spacial score (nSPS) is 10.5. The number of halogens is 1. The molecular formula is C15H15FN2O. The predicted octanol–water partition coefficient (Wildman–Crippen LogP) is 3.60. The predicted molar refractivity (Wildman–Crippen MR) is 72.7 cm³/mol. The number of nitrogens with zero attached hydrogens (tertiary/aromatic N) is 1. The van der Waals surface area contributed by atoms with E-state index in [2.05, 4.69) is 24.1 Å². The number of hydrogen-bond acceptors (Lipinski definition) is 2. The molecule has 1 amide bonds. The number of carbonyl (C=O) groups is 1. The van der Waals surface area contributed by atoms with Gasteiger partial charge in [0.15, 0.2) is 0 Å². The Balaban J connectivity index is 2.10. The van der Waals surface area contributed by atoms with Gasteiger partial charge in [-0.25, -0.2) is 4.98 Å². The smallest absolute Gasteiger partial charge is 0.274 e. The van der Waals surface area contributed by atoms with Gasteiger partial charge in [0.25, 0.3) is 5.91 Å². The van der Waals surface area contributed by atoms with Crippen LogP contribution in [0.5, 0.6) is 0 Å². The largest absolute Gasteiger partial charge is 0.321 e. The Morgan fingerprint density at radius 3 is 2.42 bits per heavy atom. The van der Waals surface area contributed by atoms with E-state index in [1.165, 1.54) is 23.8 Å². The standard InChI is InChI=1S/C15H15FN2O/c1-10(2)11-6-8-12(9-7-11)17-15(19)13-4-3-5-14(16)18-13/h3-10H,1-2H3,(H,17,19). The molecule has 2 rings (SSSR count). The van der Waals surface area contributed by atoms with Gasteiger partial charge in [0.2, 0.25) is 5.95 Å². The van der Waals surface area contributed by atoms with Crippen LogP contribution in [0.25, 0.3) is 0 Å². The van der Waals surface area contributed by atoms with Crippen LogP contribution in [-0.2, 0) is 0 Å². The van der Waals surface area contributed by atoms with E-state index >= 15 is 0 Å². The number of amides is 1. The van der Waals surface area contributed by atoms with Crippen molar-refractivity contribution in [3.63, 3.8) is 0 Å². The fraction of sp³-hybridized carbons (Fsp3) is 0.200. The van der Waals surface area contributed by atoms with Crippen molar-refractivity contribution in [2.24, 2.45) is 0 Å². The highest BCUT2D eigenvalue weighted by molar-refractivity contribution is 6.02. The van der Waals surface area contributed by atoms with E-state index in [1.54, 1.807) is 0 Å². The summed E-state index contributed by atoms with van der Waals surface area (Å²) in [6.45, 7) is 4.20. The van der Waals surface area contributed by atoms with Crippen molar-refractivity contribution >= 4 is 11.6 Å². The van der Waals surface area contributed by atoms with Crippen molar-refractivity contribution in [2.45, 2.75) is 19.8 Å². The molecule has 0 aliphatic rings. The number of benzene rings is 1. The molecule has 0 saturated heterocycles. The third kappa shape index (κ3) is 3.37. The van der Waals surface area contributed by atoms with E-state index in [4.69, 9.17) is 0 Å². The molecule has 19 heavy (non-hydrogen) atoms. The minimum Gasteiger partial charge on any atom is -0.321 e. The van der Waals surface area contributed by atoms with E-state index in [0.29, 0.717) is 11.6 Å². The molecule has 2 aromatic rings. The van der Waals surface area contributed by atoms with Gasteiger partial charge < -0.3 is 5.32 Å². The van der Waals surface area contributed by atoms with Crippen LogP contribution in [0.15, 0.2) is 42.5 Å². The number of anilines is 1. The summed E-state index contributed by atoms with van der Waals surface area (Å²) >= 11 is 0. The van der Waals surface area contributed by atoms with Gasteiger partial charge >= 0.3 is 0 Å². The molecular weight excluding hydrogens is 243 g/mol. The first-order valence-electron chi connectivity index (χ1n) is 6.10. The van der Waals surface area contributed by atoms with Crippen molar-refractivity contribution in [3.8, 4) is 0 Å². The second-order valence-corrected chi connectivity index (χ2v) is 4.58. The monoisotopic (exact) mass is 258 g/mol. The summed E-state index contributed by atoms with van der Waals surface area (Å²) in [4.78, 5) is 15.4. The number of carbonyl (C=O) groups excluding carboxylic acids is 1. The van der Waals surface area contributed by atoms with Crippen LogP contribution in [0.3, 0.4) is 0 Å². The fourth-order valence-electron chi connectivity index (χ4n) is 1.68. The molecule has 1 aromatic heterocycles. The molecule has 0 fully saturated rings. The third-order valence-corrected chi connectivity index (χ3v) is 2.78. The maximum absolute atomic E-state index is 12.9. The third-order valence-electron chi connectivity index (χ3n) is 2.78. The van der Waals surface area contributed by atoms with E-state index in [-0.39, 0.29) is 5.69 Å². The van der Waals surface area contributed by atoms with Crippen LogP contribution in [0.4, 0.5) is 10.1 Å². The van der Waals surface area contributed by atoms with Crippen molar-refractivity contribution < 1.29 is 9.18 Å². The zero-order valence-corrected chi connectivity index (χ0v) is 10.9. The van der Waals surface area contributed by atoms with Crippen molar-refractivity contribution in [2.75, 3.05) is 5.32 Å². The molecule has 1 N–H and O–H groups in total. The molecule has 1 aromatic carbocycles. The molecule has 0 unspecified atom stereocenters. The van der Waals surface area contributed by atoms with Gasteiger partial charge in [-0.2, -0.15) is 4.39 Å². The lowest BCUT2D eigenvalue weighted by molar-refractivity contribution is 0.102. The SMILES string of the molecule is CC(C)c1ccc(NC(=O)c2cccc(F)n2)cc1. The summed E-state index contributed by atoms with van der Waals surface area (Å²) in [5.41, 5.74) is 1.93. The average molecular weight is 258 g/mol. The highest BCUT2D eigenvalue weighted by Gasteiger charge is 2.08. The van der Waals surface area contributed by atoms with E-state index in [0.717, 1.165) is 0 Å². The minimum atomic E-state index is -0.664. The molecule has 3 nitrogen and oxygen atoms in total. The zero-order valence-electron chi connectivity index (χ0n) is 10.9. The molecule has 0 aliphatic heterocycles. The summed E-state index contributed by atoms with van der Waals surface area (Å²) in [6.07, 6.45) is 0. The Morgan fingerprint density at radius 1 is 1.16 bits per heavy atom. The lowest BCUT2D eigenvalue weighted by atomic mass is 10.0. The molecule has 0 radical (unpaired) electrons. The lowest BCUT2D eigenvalue weighted by Gasteiger charge is -2.08. The van der Waals surface area contributed by atoms with Crippen LogP contribution >= 0.6 is 0 Å². The summed E-state index contributed by atoms with van der Waals surface area (Å²) in [7, 11) is 0. The van der Waals surface area contributed by atoms with Crippen LogP contribution in [-0.4, -0.2) is 10.9 Å². The van der Waals surface area contributed by atoms with Crippen LogP contribution < -0.4 is 5.32 Å².